The fraction of sp³-hybridized carbons (Fsp3) is 0.389. The topological polar surface area (TPSA) is 66.9 Å². The Hall–Kier alpha value is -2.43. The van der Waals surface area contributed by atoms with Gasteiger partial charge < -0.3 is 10.6 Å². The number of hydrogen-bond donors (Lipinski definition) is 2. The molecule has 1 heterocycles. The van der Waals surface area contributed by atoms with E-state index in [4.69, 9.17) is 0 Å². The molecule has 0 aliphatic rings. The van der Waals surface area contributed by atoms with Gasteiger partial charge in [0.25, 0.3) is 5.91 Å². The van der Waals surface area contributed by atoms with Gasteiger partial charge in [0.2, 0.25) is 0 Å². The summed E-state index contributed by atoms with van der Waals surface area (Å²) in [6.07, 6.45) is 2.28. The third-order valence-corrected chi connectivity index (χ3v) is 3.74. The predicted octanol–water partition coefficient (Wildman–Crippen LogP) is 3.87. The zero-order valence-electron chi connectivity index (χ0n) is 14.1. The third-order valence-electron chi connectivity index (χ3n) is 3.74. The van der Waals surface area contributed by atoms with E-state index in [0.29, 0.717) is 17.4 Å². The molecule has 1 unspecified atom stereocenters. The lowest BCUT2D eigenvalue weighted by atomic mass is 10.0. The van der Waals surface area contributed by atoms with Crippen molar-refractivity contribution in [2.24, 2.45) is 0 Å². The van der Waals surface area contributed by atoms with Crippen LogP contribution in [-0.4, -0.2) is 21.9 Å². The van der Waals surface area contributed by atoms with Gasteiger partial charge in [-0.25, -0.2) is 9.97 Å². The van der Waals surface area contributed by atoms with Gasteiger partial charge in [0.1, 0.15) is 17.8 Å². The molecule has 0 spiro atoms. The number of aromatic nitrogens is 2. The highest BCUT2D eigenvalue weighted by molar-refractivity contribution is 5.93. The smallest absolute Gasteiger partial charge is 0.270 e. The van der Waals surface area contributed by atoms with Crippen LogP contribution in [0.4, 0.5) is 11.5 Å². The summed E-state index contributed by atoms with van der Waals surface area (Å²) < 4.78 is 0. The average Bonchev–Trinajstić information content (AvgIpc) is 2.55. The first-order valence-corrected chi connectivity index (χ1v) is 7.99. The van der Waals surface area contributed by atoms with E-state index in [1.165, 1.54) is 11.9 Å². The molecular formula is C18H24N4O. The first kappa shape index (κ1) is 16.9. The standard InChI is InChI=1S/C18H24N4O/c1-5-13(4)21-18(23)16-10-17(20-11-19-16)22-15-8-6-14(7-9-15)12(2)3/h6-13H,5H2,1-4H3,(H,21,23)(H,19,20,22). The Bertz CT molecular complexity index is 652. The Morgan fingerprint density at radius 1 is 1.13 bits per heavy atom. The van der Waals surface area contributed by atoms with Crippen molar-refractivity contribution < 1.29 is 4.79 Å². The molecule has 2 N–H and O–H groups in total. The Balaban J connectivity index is 2.09. The minimum atomic E-state index is -0.181. The van der Waals surface area contributed by atoms with Crippen molar-refractivity contribution in [1.29, 1.82) is 0 Å². The van der Waals surface area contributed by atoms with Crippen LogP contribution < -0.4 is 10.6 Å². The quantitative estimate of drug-likeness (QED) is 0.849. The van der Waals surface area contributed by atoms with Gasteiger partial charge in [0.05, 0.1) is 0 Å². The van der Waals surface area contributed by atoms with Gasteiger partial charge in [-0.2, -0.15) is 0 Å². The van der Waals surface area contributed by atoms with Crippen molar-refractivity contribution in [2.75, 3.05) is 5.32 Å². The molecule has 1 aromatic carbocycles. The second-order valence-electron chi connectivity index (χ2n) is 5.97. The molecule has 0 saturated carbocycles. The fourth-order valence-corrected chi connectivity index (χ4v) is 2.05. The maximum absolute atomic E-state index is 12.1. The zero-order valence-corrected chi connectivity index (χ0v) is 14.1. The van der Waals surface area contributed by atoms with Gasteiger partial charge in [-0.3, -0.25) is 4.79 Å². The van der Waals surface area contributed by atoms with Crippen molar-refractivity contribution >= 4 is 17.4 Å². The van der Waals surface area contributed by atoms with E-state index in [0.717, 1.165) is 12.1 Å². The molecule has 122 valence electrons. The Morgan fingerprint density at radius 2 is 1.83 bits per heavy atom. The number of rotatable bonds is 6. The van der Waals surface area contributed by atoms with E-state index in [1.54, 1.807) is 6.07 Å². The molecule has 0 aliphatic heterocycles. The number of amides is 1. The van der Waals surface area contributed by atoms with Gasteiger partial charge in [-0.05, 0) is 37.0 Å². The summed E-state index contributed by atoms with van der Waals surface area (Å²) in [5, 5.41) is 6.10. The average molecular weight is 312 g/mol. The normalized spacial score (nSPS) is 12.0. The van der Waals surface area contributed by atoms with Gasteiger partial charge in [-0.1, -0.05) is 32.9 Å². The number of carbonyl (C=O) groups excluding carboxylic acids is 1. The van der Waals surface area contributed by atoms with Crippen molar-refractivity contribution in [3.8, 4) is 0 Å². The van der Waals surface area contributed by atoms with Crippen LogP contribution in [0.25, 0.3) is 0 Å². The van der Waals surface area contributed by atoms with Gasteiger partial charge >= 0.3 is 0 Å². The van der Waals surface area contributed by atoms with Crippen LogP contribution in [0.5, 0.6) is 0 Å². The first-order chi connectivity index (χ1) is 11.0. The largest absolute Gasteiger partial charge is 0.348 e. The number of hydrogen-bond acceptors (Lipinski definition) is 4. The molecule has 1 atom stereocenters. The Labute approximate surface area is 137 Å². The van der Waals surface area contributed by atoms with Gasteiger partial charge in [0.15, 0.2) is 0 Å². The highest BCUT2D eigenvalue weighted by atomic mass is 16.1. The maximum Gasteiger partial charge on any atom is 0.270 e. The summed E-state index contributed by atoms with van der Waals surface area (Å²) in [4.78, 5) is 20.3. The lowest BCUT2D eigenvalue weighted by Gasteiger charge is -2.12. The number of nitrogens with zero attached hydrogens (tertiary/aromatic N) is 2. The summed E-state index contributed by atoms with van der Waals surface area (Å²) in [5.41, 5.74) is 2.58. The molecule has 5 heteroatoms. The van der Waals surface area contributed by atoms with E-state index in [-0.39, 0.29) is 11.9 Å². The molecule has 0 fully saturated rings. The molecule has 0 radical (unpaired) electrons. The third kappa shape index (κ3) is 4.77. The molecular weight excluding hydrogens is 288 g/mol. The summed E-state index contributed by atoms with van der Waals surface area (Å²) in [7, 11) is 0. The molecule has 2 rings (SSSR count). The predicted molar refractivity (Wildman–Crippen MR) is 93.1 cm³/mol. The zero-order chi connectivity index (χ0) is 16.8. The van der Waals surface area contributed by atoms with Crippen LogP contribution in [0, 0.1) is 0 Å². The first-order valence-electron chi connectivity index (χ1n) is 7.99. The molecule has 1 amide bonds. The van der Waals surface area contributed by atoms with E-state index >= 15 is 0 Å². The van der Waals surface area contributed by atoms with Crippen molar-refractivity contribution in [1.82, 2.24) is 15.3 Å². The lowest BCUT2D eigenvalue weighted by Crippen LogP contribution is -2.32. The molecule has 0 bridgehead atoms. The minimum Gasteiger partial charge on any atom is -0.348 e. The van der Waals surface area contributed by atoms with Crippen LogP contribution in [0.2, 0.25) is 0 Å². The Morgan fingerprint density at radius 3 is 2.43 bits per heavy atom. The van der Waals surface area contributed by atoms with E-state index in [2.05, 4.69) is 46.6 Å². The van der Waals surface area contributed by atoms with Crippen LogP contribution in [0.1, 0.15) is 56.1 Å². The fourth-order valence-electron chi connectivity index (χ4n) is 2.05. The van der Waals surface area contributed by atoms with Gasteiger partial charge in [0, 0.05) is 17.8 Å². The second kappa shape index (κ2) is 7.72. The Kier molecular flexibility index (Phi) is 5.68. The van der Waals surface area contributed by atoms with Crippen LogP contribution in [-0.2, 0) is 0 Å². The number of carbonyl (C=O) groups is 1. The number of anilines is 2. The summed E-state index contributed by atoms with van der Waals surface area (Å²) >= 11 is 0. The van der Waals surface area contributed by atoms with Crippen LogP contribution in [0.3, 0.4) is 0 Å². The highest BCUT2D eigenvalue weighted by Gasteiger charge is 2.11. The molecule has 2 aromatic rings. The summed E-state index contributed by atoms with van der Waals surface area (Å²) in [6, 6.07) is 9.98. The van der Waals surface area contributed by atoms with E-state index in [1.807, 2.05) is 26.0 Å². The molecule has 0 aliphatic carbocycles. The molecule has 5 nitrogen and oxygen atoms in total. The monoisotopic (exact) mass is 312 g/mol. The van der Waals surface area contributed by atoms with Crippen molar-refractivity contribution in [3.05, 3.63) is 47.9 Å². The van der Waals surface area contributed by atoms with Crippen molar-refractivity contribution in [2.45, 2.75) is 46.1 Å². The molecule has 23 heavy (non-hydrogen) atoms. The van der Waals surface area contributed by atoms with E-state index in [9.17, 15) is 4.79 Å². The SMILES string of the molecule is CCC(C)NC(=O)c1cc(Nc2ccc(C(C)C)cc2)ncn1. The summed E-state index contributed by atoms with van der Waals surface area (Å²) in [6.45, 7) is 8.32. The van der Waals surface area contributed by atoms with Crippen LogP contribution in [0.15, 0.2) is 36.7 Å². The van der Waals surface area contributed by atoms with Gasteiger partial charge in [-0.15, -0.1) is 0 Å². The number of nitrogens with one attached hydrogen (secondary N) is 2. The number of benzene rings is 1. The maximum atomic E-state index is 12.1. The molecule has 0 saturated heterocycles. The lowest BCUT2D eigenvalue weighted by molar-refractivity contribution is 0.0934. The minimum absolute atomic E-state index is 0.123. The molecule has 1 aromatic heterocycles. The highest BCUT2D eigenvalue weighted by Crippen LogP contribution is 2.19. The second-order valence-corrected chi connectivity index (χ2v) is 5.97. The van der Waals surface area contributed by atoms with Crippen molar-refractivity contribution in [3.63, 3.8) is 0 Å². The van der Waals surface area contributed by atoms with Crippen LogP contribution >= 0.6 is 0 Å². The van der Waals surface area contributed by atoms with E-state index < -0.39 is 0 Å². The summed E-state index contributed by atoms with van der Waals surface area (Å²) in [5.74, 6) is 0.922.